The third-order valence-corrected chi connectivity index (χ3v) is 4.73. The summed E-state index contributed by atoms with van der Waals surface area (Å²) in [7, 11) is 0. The lowest BCUT2D eigenvalue weighted by Gasteiger charge is -2.61. The van der Waals surface area contributed by atoms with E-state index in [-0.39, 0.29) is 0 Å². The molecule has 0 N–H and O–H groups in total. The van der Waals surface area contributed by atoms with Gasteiger partial charge in [0.2, 0.25) is 0 Å². The topological polar surface area (TPSA) is 0 Å². The maximum absolute atomic E-state index is 2.47. The van der Waals surface area contributed by atoms with Crippen molar-refractivity contribution in [2.24, 2.45) is 29.1 Å². The van der Waals surface area contributed by atoms with Crippen molar-refractivity contribution in [3.63, 3.8) is 0 Å². The van der Waals surface area contributed by atoms with E-state index in [1.807, 2.05) is 0 Å². The molecule has 0 aromatic carbocycles. The van der Waals surface area contributed by atoms with Crippen LogP contribution in [-0.2, 0) is 0 Å². The Hall–Kier alpha value is 0. The summed E-state index contributed by atoms with van der Waals surface area (Å²) in [5.74, 6) is 4.07. The van der Waals surface area contributed by atoms with Crippen LogP contribution < -0.4 is 0 Å². The van der Waals surface area contributed by atoms with Crippen LogP contribution in [0, 0.1) is 29.1 Å². The highest BCUT2D eigenvalue weighted by Gasteiger charge is 2.54. The lowest BCUT2D eigenvalue weighted by molar-refractivity contribution is -0.124. The molecule has 0 radical (unpaired) electrons. The minimum absolute atomic E-state index is 0.686. The molecule has 11 heavy (non-hydrogen) atoms. The van der Waals surface area contributed by atoms with Gasteiger partial charge in [-0.25, -0.2) is 0 Å². The van der Waals surface area contributed by atoms with Crippen molar-refractivity contribution in [2.45, 2.75) is 40.5 Å². The summed E-state index contributed by atoms with van der Waals surface area (Å²) in [5, 5.41) is 0. The van der Waals surface area contributed by atoms with E-state index in [1.54, 1.807) is 0 Å². The first-order valence-corrected chi connectivity index (χ1v) is 5.03. The molecule has 0 aromatic rings. The molecule has 3 saturated carbocycles. The second kappa shape index (κ2) is 2.02. The molecular formula is C11H20. The molecule has 2 bridgehead atoms. The normalized spacial score (nSPS) is 53.5. The van der Waals surface area contributed by atoms with Crippen molar-refractivity contribution >= 4 is 0 Å². The van der Waals surface area contributed by atoms with Crippen LogP contribution in [0.2, 0.25) is 0 Å². The first-order valence-electron chi connectivity index (χ1n) is 5.03. The van der Waals surface area contributed by atoms with E-state index in [0.29, 0.717) is 5.41 Å². The van der Waals surface area contributed by atoms with Crippen LogP contribution in [-0.4, -0.2) is 0 Å². The Labute approximate surface area is 70.4 Å². The van der Waals surface area contributed by atoms with E-state index in [9.17, 15) is 0 Å². The molecule has 0 aliphatic heterocycles. The van der Waals surface area contributed by atoms with Crippen molar-refractivity contribution in [1.29, 1.82) is 0 Å². The third kappa shape index (κ3) is 0.816. The van der Waals surface area contributed by atoms with Crippen LogP contribution in [0.25, 0.3) is 0 Å². The van der Waals surface area contributed by atoms with Gasteiger partial charge in [-0.3, -0.25) is 0 Å². The van der Waals surface area contributed by atoms with Gasteiger partial charge in [-0.2, -0.15) is 0 Å². The molecule has 3 aliphatic carbocycles. The molecule has 1 unspecified atom stereocenters. The van der Waals surface area contributed by atoms with Gasteiger partial charge in [-0.05, 0) is 41.9 Å². The average molecular weight is 152 g/mol. The van der Waals surface area contributed by atoms with Crippen LogP contribution >= 0.6 is 0 Å². The van der Waals surface area contributed by atoms with Crippen LogP contribution in [0.4, 0.5) is 0 Å². The Bertz CT molecular complexity index is 169. The minimum Gasteiger partial charge on any atom is -0.0622 e. The van der Waals surface area contributed by atoms with E-state index in [2.05, 4.69) is 27.7 Å². The highest BCUT2D eigenvalue weighted by Crippen LogP contribution is 2.62. The van der Waals surface area contributed by atoms with Gasteiger partial charge in [-0.1, -0.05) is 27.7 Å². The second-order valence-electron chi connectivity index (χ2n) is 5.43. The second-order valence-corrected chi connectivity index (χ2v) is 5.43. The van der Waals surface area contributed by atoms with Gasteiger partial charge >= 0.3 is 0 Å². The molecule has 0 spiro atoms. The van der Waals surface area contributed by atoms with Gasteiger partial charge in [-0.15, -0.1) is 0 Å². The largest absolute Gasteiger partial charge is 0.0622 e. The van der Waals surface area contributed by atoms with Gasteiger partial charge in [0.25, 0.3) is 0 Å². The first-order chi connectivity index (χ1) is 5.03. The number of fused-ring (bicyclic) bond motifs is 2. The van der Waals surface area contributed by atoms with E-state index in [0.717, 1.165) is 23.7 Å². The highest BCUT2D eigenvalue weighted by molar-refractivity contribution is 5.03. The van der Waals surface area contributed by atoms with Gasteiger partial charge < -0.3 is 0 Å². The SMILES string of the molecule is C[C@H]1C[C@@H]2CC([C@@H]1C)C2(C)C. The third-order valence-electron chi connectivity index (χ3n) is 4.73. The van der Waals surface area contributed by atoms with Gasteiger partial charge in [0.05, 0.1) is 0 Å². The number of hydrogen-bond donors (Lipinski definition) is 0. The average Bonchev–Trinajstić information content (AvgIpc) is 1.93. The standard InChI is InChI=1S/C11H20/c1-7-5-9-6-10(8(7)2)11(9,3)4/h7-10H,5-6H2,1-4H3/t7-,8+,9+,10?/m0/s1. The lowest BCUT2D eigenvalue weighted by atomic mass is 9.44. The van der Waals surface area contributed by atoms with Crippen molar-refractivity contribution in [2.75, 3.05) is 0 Å². The fourth-order valence-electron chi connectivity index (χ4n) is 3.41. The zero-order valence-electron chi connectivity index (χ0n) is 8.22. The summed E-state index contributed by atoms with van der Waals surface area (Å²) < 4.78 is 0. The van der Waals surface area contributed by atoms with Crippen LogP contribution in [0.5, 0.6) is 0 Å². The lowest BCUT2D eigenvalue weighted by Crippen LogP contribution is -2.54. The Morgan fingerprint density at radius 2 is 1.73 bits per heavy atom. The van der Waals surface area contributed by atoms with E-state index < -0.39 is 0 Å². The highest BCUT2D eigenvalue weighted by atomic mass is 14.6. The van der Waals surface area contributed by atoms with Crippen molar-refractivity contribution in [3.8, 4) is 0 Å². The van der Waals surface area contributed by atoms with Crippen molar-refractivity contribution in [1.82, 2.24) is 0 Å². The zero-order chi connectivity index (χ0) is 8.22. The Kier molecular flexibility index (Phi) is 1.41. The quantitative estimate of drug-likeness (QED) is 0.499. The maximum atomic E-state index is 2.47. The van der Waals surface area contributed by atoms with E-state index >= 15 is 0 Å². The monoisotopic (exact) mass is 152 g/mol. The molecule has 0 amide bonds. The molecule has 0 aromatic heterocycles. The molecule has 3 fully saturated rings. The minimum atomic E-state index is 0.686. The van der Waals surface area contributed by atoms with Gasteiger partial charge in [0, 0.05) is 0 Å². The van der Waals surface area contributed by atoms with Crippen LogP contribution in [0.3, 0.4) is 0 Å². The first kappa shape index (κ1) is 7.64. The Balaban J connectivity index is 2.17. The summed E-state index contributed by atoms with van der Waals surface area (Å²) in [4.78, 5) is 0. The zero-order valence-corrected chi connectivity index (χ0v) is 8.22. The molecule has 3 rings (SSSR count). The molecule has 4 atom stereocenters. The molecule has 3 aliphatic rings. The summed E-state index contributed by atoms with van der Waals surface area (Å²) in [6, 6.07) is 0. The maximum Gasteiger partial charge on any atom is -0.0295 e. The number of hydrogen-bond acceptors (Lipinski definition) is 0. The summed E-state index contributed by atoms with van der Waals surface area (Å²) in [5.41, 5.74) is 0.686. The molecular weight excluding hydrogens is 132 g/mol. The van der Waals surface area contributed by atoms with Gasteiger partial charge in [0.1, 0.15) is 0 Å². The summed E-state index contributed by atoms with van der Waals surface area (Å²) >= 11 is 0. The smallest absolute Gasteiger partial charge is 0.0295 e. The number of rotatable bonds is 0. The molecule has 0 nitrogen and oxygen atoms in total. The predicted molar refractivity (Wildman–Crippen MR) is 48.3 cm³/mol. The van der Waals surface area contributed by atoms with Crippen molar-refractivity contribution in [3.05, 3.63) is 0 Å². The molecule has 0 heterocycles. The Morgan fingerprint density at radius 3 is 2.09 bits per heavy atom. The van der Waals surface area contributed by atoms with Crippen LogP contribution in [0.1, 0.15) is 40.5 Å². The predicted octanol–water partition coefficient (Wildman–Crippen LogP) is 3.32. The summed E-state index contributed by atoms with van der Waals surface area (Å²) in [6.45, 7) is 9.81. The summed E-state index contributed by atoms with van der Waals surface area (Å²) in [6.07, 6.45) is 3.02. The van der Waals surface area contributed by atoms with Gasteiger partial charge in [0.15, 0.2) is 0 Å². The molecule has 0 saturated heterocycles. The van der Waals surface area contributed by atoms with E-state index in [4.69, 9.17) is 0 Å². The van der Waals surface area contributed by atoms with Crippen LogP contribution in [0.15, 0.2) is 0 Å². The molecule has 0 heteroatoms. The fraction of sp³-hybridized carbons (Fsp3) is 1.00. The fourth-order valence-corrected chi connectivity index (χ4v) is 3.41. The Morgan fingerprint density at radius 1 is 1.09 bits per heavy atom. The molecule has 64 valence electrons. The van der Waals surface area contributed by atoms with Crippen molar-refractivity contribution < 1.29 is 0 Å². The van der Waals surface area contributed by atoms with E-state index in [1.165, 1.54) is 12.8 Å².